The third kappa shape index (κ3) is 10.7. The fraction of sp³-hybridized carbons (Fsp3) is 0.562. The molecule has 2 saturated heterocycles. The van der Waals surface area contributed by atoms with Crippen molar-refractivity contribution < 1.29 is 148 Å². The number of nitrogens with zero attached hydrogens (tertiary/aromatic N) is 8. The molecular formula is C32H38N8Na2O18S2. The molecule has 0 amide bonds. The van der Waals surface area contributed by atoms with Crippen LogP contribution in [0.15, 0.2) is 25.3 Å². The third-order valence-corrected chi connectivity index (χ3v) is 11.6. The van der Waals surface area contributed by atoms with Crippen LogP contribution >= 0.6 is 23.5 Å². The van der Waals surface area contributed by atoms with Gasteiger partial charge in [0.25, 0.3) is 0 Å². The Morgan fingerprint density at radius 2 is 1.05 bits per heavy atom. The molecule has 2 aliphatic rings. The first kappa shape index (κ1) is 53.3. The van der Waals surface area contributed by atoms with E-state index < -0.39 is 94.6 Å². The molecule has 8 N–H and O–H groups in total. The van der Waals surface area contributed by atoms with Crippen molar-refractivity contribution in [1.29, 1.82) is 0 Å². The molecule has 0 aromatic carbocycles. The monoisotopic (exact) mass is 932 g/mol. The second-order valence-electron chi connectivity index (χ2n) is 12.6. The van der Waals surface area contributed by atoms with Crippen LogP contribution in [0.5, 0.6) is 11.8 Å². The summed E-state index contributed by atoms with van der Waals surface area (Å²) in [5.41, 5.74) is -0.0870. The molecule has 26 nitrogen and oxygen atoms in total. The predicted molar refractivity (Wildman–Crippen MR) is 193 cm³/mol. The van der Waals surface area contributed by atoms with Crippen molar-refractivity contribution in [3.8, 4) is 11.8 Å². The van der Waals surface area contributed by atoms with Crippen molar-refractivity contribution >= 4 is 69.7 Å². The molecule has 6 rings (SSSR count). The van der Waals surface area contributed by atoms with Gasteiger partial charge in [0.15, 0.2) is 22.3 Å². The zero-order chi connectivity index (χ0) is 44.1. The second-order valence-corrected chi connectivity index (χ2v) is 15.2. The first-order valence-corrected chi connectivity index (χ1v) is 19.6. The van der Waals surface area contributed by atoms with Crippen LogP contribution in [0.25, 0.3) is 22.3 Å². The quantitative estimate of drug-likeness (QED) is 0.0382. The largest absolute Gasteiger partial charge is 1.00 e. The Bertz CT molecular complexity index is 2040. The number of hydrogen-bond donors (Lipinski definition) is 8. The summed E-state index contributed by atoms with van der Waals surface area (Å²) in [6.07, 6.45) is -11.1. The molecule has 2 unspecified atom stereocenters. The number of carboxylic acid groups (broad SMARTS) is 2. The molecule has 2 fully saturated rings. The van der Waals surface area contributed by atoms with Crippen molar-refractivity contribution in [2.75, 3.05) is 24.7 Å². The molecule has 0 bridgehead atoms. The van der Waals surface area contributed by atoms with Gasteiger partial charge in [-0.1, -0.05) is 0 Å². The SMILES string of the molecule is CCOC(=O)CCS[C@@]1(n2cnc3c(O)ncnc32)O[C@H](C(O)C(=O)[O-])[C@@H](O)[C@H]1O.CCOC(=O)CCS[C@@]1(n2cnc3c(O)ncnc32)O[C@H](C(O)C(=O)[O-])[C@@H](O)[C@H]1O.[Na+].[Na+]. The van der Waals surface area contributed by atoms with Crippen LogP contribution in [0.2, 0.25) is 0 Å². The van der Waals surface area contributed by atoms with Gasteiger partial charge in [-0.2, -0.15) is 9.97 Å². The predicted octanol–water partition coefficient (Wildman–Crippen LogP) is -11.9. The molecule has 6 heterocycles. The van der Waals surface area contributed by atoms with Crippen LogP contribution in [0.3, 0.4) is 0 Å². The molecule has 4 aromatic heterocycles. The van der Waals surface area contributed by atoms with Gasteiger partial charge in [0, 0.05) is 11.5 Å². The van der Waals surface area contributed by atoms with Crippen molar-refractivity contribution in [2.45, 2.75) is 85.6 Å². The number of rotatable bonds is 16. The van der Waals surface area contributed by atoms with Crippen molar-refractivity contribution in [3.63, 3.8) is 0 Å². The van der Waals surface area contributed by atoms with Gasteiger partial charge in [-0.3, -0.25) is 18.7 Å². The molecule has 328 valence electrons. The van der Waals surface area contributed by atoms with Gasteiger partial charge in [-0.05, 0) is 13.8 Å². The smallest absolute Gasteiger partial charge is 0.547 e. The number of hydrogen-bond acceptors (Lipinski definition) is 26. The van der Waals surface area contributed by atoms with Gasteiger partial charge < -0.3 is 79.6 Å². The van der Waals surface area contributed by atoms with Gasteiger partial charge in [-0.15, -0.1) is 23.5 Å². The van der Waals surface area contributed by atoms with E-state index in [1.165, 1.54) is 0 Å². The van der Waals surface area contributed by atoms with E-state index in [1.807, 2.05) is 0 Å². The number of ether oxygens (including phenoxy) is 4. The fourth-order valence-corrected chi connectivity index (χ4v) is 8.78. The van der Waals surface area contributed by atoms with E-state index in [0.29, 0.717) is 0 Å². The second kappa shape index (κ2) is 22.7. The number of carbonyl (C=O) groups is 4. The van der Waals surface area contributed by atoms with Crippen LogP contribution in [0, 0.1) is 0 Å². The molecule has 30 heteroatoms. The Morgan fingerprint density at radius 1 is 0.694 bits per heavy atom. The molecule has 0 aliphatic carbocycles. The minimum absolute atomic E-state index is 0. The number of thioether (sulfide) groups is 2. The molecule has 62 heavy (non-hydrogen) atoms. The number of fused-ring (bicyclic) bond motifs is 2. The number of aromatic nitrogens is 8. The standard InChI is InChI=1S/2C16H20N4O9S.2Na/c2*1-2-28-7(21)3-4-30-16(12(24)9(22)11(29-16)10(23)15(26)27)20-6-19-8-13(20)17-5-18-14(8)25;;/h2*5-6,9-12,22-24H,2-4H2,1H3,(H,26,27)(H,17,18,25);;/q;;2*+1/p-2/t2*9-,10?,11+,12-,16+;;/m11../s1. The van der Waals surface area contributed by atoms with E-state index in [-0.39, 0.29) is 119 Å². The summed E-state index contributed by atoms with van der Waals surface area (Å²) in [7, 11) is 0. The van der Waals surface area contributed by atoms with Crippen molar-refractivity contribution in [1.82, 2.24) is 39.0 Å². The van der Waals surface area contributed by atoms with Gasteiger partial charge >= 0.3 is 71.1 Å². The normalized spacial score (nSPS) is 26.4. The molecule has 4 aromatic rings. The van der Waals surface area contributed by atoms with E-state index in [1.54, 1.807) is 13.8 Å². The fourth-order valence-electron chi connectivity index (χ4n) is 6.14. The number of esters is 2. The Hall–Kier alpha value is -3.04. The van der Waals surface area contributed by atoms with Crippen molar-refractivity contribution in [2.24, 2.45) is 0 Å². The van der Waals surface area contributed by atoms with E-state index in [0.717, 1.165) is 58.0 Å². The number of aromatic hydroxyl groups is 2. The van der Waals surface area contributed by atoms with Crippen LogP contribution in [0.4, 0.5) is 0 Å². The number of aliphatic carboxylic acids is 2. The Kier molecular flexibility index (Phi) is 19.5. The van der Waals surface area contributed by atoms with E-state index >= 15 is 0 Å². The van der Waals surface area contributed by atoms with Crippen LogP contribution in [-0.4, -0.2) is 177 Å². The summed E-state index contributed by atoms with van der Waals surface area (Å²) in [5, 5.41) is 100. The van der Waals surface area contributed by atoms with E-state index in [4.69, 9.17) is 18.9 Å². The minimum atomic E-state index is -2.25. The first-order chi connectivity index (χ1) is 28.4. The van der Waals surface area contributed by atoms with Gasteiger partial charge in [0.2, 0.25) is 21.9 Å². The first-order valence-electron chi connectivity index (χ1n) is 17.6. The number of carboxylic acids is 2. The van der Waals surface area contributed by atoms with Crippen molar-refractivity contribution in [3.05, 3.63) is 25.3 Å². The molecule has 0 saturated carbocycles. The zero-order valence-electron chi connectivity index (χ0n) is 33.2. The molecule has 0 spiro atoms. The maximum absolute atomic E-state index is 11.7. The summed E-state index contributed by atoms with van der Waals surface area (Å²) < 4.78 is 23.3. The minimum Gasteiger partial charge on any atom is -0.547 e. The topological polar surface area (TPSA) is 400 Å². The Balaban J connectivity index is 0.000000320. The molecule has 0 radical (unpaired) electrons. The van der Waals surface area contributed by atoms with Gasteiger partial charge in [0.1, 0.15) is 74.1 Å². The van der Waals surface area contributed by atoms with E-state index in [2.05, 4.69) is 29.9 Å². The average molecular weight is 933 g/mol. The Labute approximate surface area is 401 Å². The van der Waals surface area contributed by atoms with Gasteiger partial charge in [-0.25, -0.2) is 19.9 Å². The summed E-state index contributed by atoms with van der Waals surface area (Å²) in [5.74, 6) is -5.72. The maximum atomic E-state index is 11.7. The van der Waals surface area contributed by atoms with Crippen LogP contribution < -0.4 is 69.3 Å². The summed E-state index contributed by atoms with van der Waals surface area (Å²) >= 11 is 1.66. The number of imidazole rings is 2. The van der Waals surface area contributed by atoms with Gasteiger partial charge in [0.05, 0.1) is 38.0 Å². The summed E-state index contributed by atoms with van der Waals surface area (Å²) in [6, 6.07) is 0. The molecular weight excluding hydrogens is 895 g/mol. The average Bonchev–Trinajstić information content (AvgIpc) is 3.97. The summed E-state index contributed by atoms with van der Waals surface area (Å²) in [6.45, 7) is 3.63. The number of aliphatic hydroxyl groups is 6. The van der Waals surface area contributed by atoms with Crippen LogP contribution in [0.1, 0.15) is 26.7 Å². The molecule has 2 aliphatic heterocycles. The summed E-state index contributed by atoms with van der Waals surface area (Å²) in [4.78, 5) is 68.7. The van der Waals surface area contributed by atoms with E-state index in [9.17, 15) is 70.2 Å². The Morgan fingerprint density at radius 3 is 1.37 bits per heavy atom. The number of carbonyl (C=O) groups excluding carboxylic acids is 4. The maximum Gasteiger partial charge on any atom is 1.00 e. The number of aliphatic hydroxyl groups excluding tert-OH is 6. The van der Waals surface area contributed by atoms with Crippen LogP contribution in [-0.2, 0) is 48.2 Å². The third-order valence-electron chi connectivity index (χ3n) is 8.92. The zero-order valence-corrected chi connectivity index (χ0v) is 38.9. The molecule has 10 atom stereocenters.